The van der Waals surface area contributed by atoms with E-state index in [1.807, 2.05) is 37.7 Å². The summed E-state index contributed by atoms with van der Waals surface area (Å²) in [7, 11) is 0. The van der Waals surface area contributed by atoms with Crippen LogP contribution < -0.4 is 4.90 Å². The second kappa shape index (κ2) is 7.90. The summed E-state index contributed by atoms with van der Waals surface area (Å²) >= 11 is 0. The van der Waals surface area contributed by atoms with Crippen molar-refractivity contribution in [2.45, 2.75) is 64.5 Å². The van der Waals surface area contributed by atoms with Gasteiger partial charge in [-0.05, 0) is 33.6 Å². The third-order valence-corrected chi connectivity index (χ3v) is 6.83. The molecule has 182 valence electrons. The van der Waals surface area contributed by atoms with Crippen molar-refractivity contribution in [3.8, 4) is 0 Å². The molecule has 2 aliphatic carbocycles. The van der Waals surface area contributed by atoms with E-state index < -0.39 is 11.7 Å². The fourth-order valence-corrected chi connectivity index (χ4v) is 4.62. The maximum atomic E-state index is 13.1. The zero-order valence-electron chi connectivity index (χ0n) is 19.7. The van der Waals surface area contributed by atoms with Crippen LogP contribution >= 0.6 is 0 Å². The van der Waals surface area contributed by atoms with Crippen LogP contribution in [0.2, 0.25) is 0 Å². The number of hydrogen-bond acceptors (Lipinski definition) is 6. The summed E-state index contributed by atoms with van der Waals surface area (Å²) in [5.74, 6) is 0.648. The lowest BCUT2D eigenvalue weighted by Gasteiger charge is -2.37. The van der Waals surface area contributed by atoms with Crippen LogP contribution in [0.25, 0.3) is 16.6 Å². The van der Waals surface area contributed by atoms with Crippen molar-refractivity contribution in [1.29, 1.82) is 0 Å². The molecule has 35 heavy (non-hydrogen) atoms. The highest BCUT2D eigenvalue weighted by Gasteiger charge is 2.39. The van der Waals surface area contributed by atoms with E-state index in [9.17, 15) is 13.2 Å². The highest BCUT2D eigenvalue weighted by molar-refractivity contribution is 5.91. The van der Waals surface area contributed by atoms with Gasteiger partial charge in [0.05, 0.1) is 47.4 Å². The van der Waals surface area contributed by atoms with Gasteiger partial charge in [-0.25, -0.2) is 15.0 Å². The fraction of sp³-hybridized carbons (Fsp3) is 0.480. The number of rotatable bonds is 4. The van der Waals surface area contributed by atoms with Gasteiger partial charge in [-0.1, -0.05) is 0 Å². The van der Waals surface area contributed by atoms with E-state index in [0.29, 0.717) is 47.2 Å². The summed E-state index contributed by atoms with van der Waals surface area (Å²) in [4.78, 5) is 16.2. The third-order valence-electron chi connectivity index (χ3n) is 6.83. The van der Waals surface area contributed by atoms with E-state index in [-0.39, 0.29) is 18.6 Å². The van der Waals surface area contributed by atoms with Crippen molar-refractivity contribution in [3.05, 3.63) is 52.4 Å². The maximum Gasteiger partial charge on any atom is 0.420 e. The predicted octanol–water partition coefficient (Wildman–Crippen LogP) is 5.01. The van der Waals surface area contributed by atoms with Crippen LogP contribution in [0.1, 0.15) is 61.0 Å². The number of aryl methyl sites for hydroxylation is 2. The molecule has 1 aliphatic heterocycles. The molecule has 2 fully saturated rings. The average Bonchev–Trinajstić information content (AvgIpc) is 3.48. The van der Waals surface area contributed by atoms with Crippen molar-refractivity contribution in [2.24, 2.45) is 0 Å². The molecular formula is C25H25F3N6O. The summed E-state index contributed by atoms with van der Waals surface area (Å²) in [6.45, 7) is 6.87. The number of nitrogens with zero attached hydrogens (tertiary/aromatic N) is 6. The van der Waals surface area contributed by atoms with Gasteiger partial charge in [0.25, 0.3) is 0 Å². The Morgan fingerprint density at radius 1 is 1.09 bits per heavy atom. The molecule has 0 bridgehead atoms. The minimum atomic E-state index is -4.38. The molecule has 0 amide bonds. The van der Waals surface area contributed by atoms with E-state index in [1.165, 1.54) is 0 Å². The van der Waals surface area contributed by atoms with Crippen LogP contribution in [0, 0.1) is 13.8 Å². The van der Waals surface area contributed by atoms with Gasteiger partial charge in [0.15, 0.2) is 0 Å². The van der Waals surface area contributed by atoms with Gasteiger partial charge in [0.1, 0.15) is 23.1 Å². The Morgan fingerprint density at radius 3 is 2.54 bits per heavy atom. The number of allylic oxidation sites excluding steroid dienone is 1. The fourth-order valence-electron chi connectivity index (χ4n) is 4.62. The molecule has 3 aliphatic rings. The lowest BCUT2D eigenvalue weighted by molar-refractivity contribution is -0.0934. The SMILES string of the molecule is Cc1nc2cc(N3C[C@@H](c4cnn(C5CC5)c4)O[C@@H](C)C3)nc(C3=C=C(C(F)(F)F)C3)c2nc1C. The molecule has 0 unspecified atom stereocenters. The lowest BCUT2D eigenvalue weighted by atomic mass is 9.93. The number of alkyl halides is 3. The molecule has 6 rings (SSSR count). The summed E-state index contributed by atoms with van der Waals surface area (Å²) in [6.07, 6.45) is 1.36. The standard InChI is InChI=1S/C25H25F3N6O/c1-13-10-33(12-21(35-13)17-9-29-34(11-17)19-4-5-19)22-8-20-24(31-15(3)14(2)30-20)23(32-22)16-6-18(7-16)25(26,27)28/h8-9,11,13,19,21H,4-6,10,12H2,1-3H3/t13-,21-/m0/s1. The molecular weight excluding hydrogens is 457 g/mol. The van der Waals surface area contributed by atoms with Crippen molar-refractivity contribution in [2.75, 3.05) is 18.0 Å². The molecule has 0 aromatic carbocycles. The van der Waals surface area contributed by atoms with E-state index in [1.54, 1.807) is 0 Å². The van der Waals surface area contributed by atoms with E-state index in [2.05, 4.69) is 31.9 Å². The number of morpholine rings is 1. The Bertz CT molecular complexity index is 1400. The lowest BCUT2D eigenvalue weighted by Crippen LogP contribution is -2.43. The number of pyridine rings is 1. The zero-order chi connectivity index (χ0) is 24.5. The highest BCUT2D eigenvalue weighted by atomic mass is 19.4. The molecule has 1 saturated carbocycles. The van der Waals surface area contributed by atoms with Crippen LogP contribution in [0.15, 0.2) is 29.8 Å². The molecule has 3 aromatic rings. The second-order valence-electron chi connectivity index (χ2n) is 9.67. The number of aromatic nitrogens is 5. The number of halogens is 3. The van der Waals surface area contributed by atoms with E-state index in [4.69, 9.17) is 9.72 Å². The van der Waals surface area contributed by atoms with Crippen LogP contribution in [0.3, 0.4) is 0 Å². The highest BCUT2D eigenvalue weighted by Crippen LogP contribution is 2.41. The number of ether oxygens (including phenoxy) is 1. The Morgan fingerprint density at radius 2 is 1.83 bits per heavy atom. The van der Waals surface area contributed by atoms with Gasteiger partial charge in [-0.2, -0.15) is 18.3 Å². The first kappa shape index (κ1) is 22.2. The molecule has 10 heteroatoms. The van der Waals surface area contributed by atoms with E-state index in [0.717, 1.165) is 29.8 Å². The molecule has 1 saturated heterocycles. The van der Waals surface area contributed by atoms with Gasteiger partial charge in [-0.15, -0.1) is 5.73 Å². The number of fused-ring (bicyclic) bond motifs is 1. The molecule has 2 atom stereocenters. The molecule has 3 aromatic heterocycles. The molecule has 0 spiro atoms. The predicted molar refractivity (Wildman–Crippen MR) is 124 cm³/mol. The van der Waals surface area contributed by atoms with Gasteiger partial charge >= 0.3 is 6.18 Å². The zero-order valence-corrected chi connectivity index (χ0v) is 19.7. The van der Waals surface area contributed by atoms with Crippen LogP contribution in [-0.4, -0.2) is 50.1 Å². The minimum Gasteiger partial charge on any atom is -0.367 e. The Labute approximate surface area is 200 Å². The summed E-state index contributed by atoms with van der Waals surface area (Å²) in [6, 6.07) is 2.36. The minimum absolute atomic E-state index is 0.0653. The second-order valence-corrected chi connectivity index (χ2v) is 9.67. The Kier molecular flexibility index (Phi) is 5.02. The topological polar surface area (TPSA) is 69.0 Å². The number of anilines is 1. The maximum absolute atomic E-state index is 13.1. The summed E-state index contributed by atoms with van der Waals surface area (Å²) in [5.41, 5.74) is 6.26. The number of hydrogen-bond donors (Lipinski definition) is 0. The van der Waals surface area contributed by atoms with Crippen molar-refractivity contribution >= 4 is 22.4 Å². The summed E-state index contributed by atoms with van der Waals surface area (Å²) in [5, 5.41) is 4.50. The normalized spacial score (nSPS) is 22.7. The van der Waals surface area contributed by atoms with E-state index >= 15 is 0 Å². The van der Waals surface area contributed by atoms with Gasteiger partial charge in [0, 0.05) is 36.4 Å². The van der Waals surface area contributed by atoms with Crippen molar-refractivity contribution in [1.82, 2.24) is 24.7 Å². The first-order valence-electron chi connectivity index (χ1n) is 11.8. The molecule has 0 N–H and O–H groups in total. The smallest absolute Gasteiger partial charge is 0.367 e. The van der Waals surface area contributed by atoms with Crippen LogP contribution in [-0.2, 0) is 4.74 Å². The van der Waals surface area contributed by atoms with Gasteiger partial charge in [-0.3, -0.25) is 4.68 Å². The first-order chi connectivity index (χ1) is 16.7. The van der Waals surface area contributed by atoms with Crippen molar-refractivity contribution in [3.63, 3.8) is 0 Å². The molecule has 4 heterocycles. The largest absolute Gasteiger partial charge is 0.420 e. The van der Waals surface area contributed by atoms with Gasteiger partial charge < -0.3 is 9.64 Å². The quantitative estimate of drug-likeness (QED) is 0.487. The van der Waals surface area contributed by atoms with Crippen LogP contribution in [0.4, 0.5) is 19.0 Å². The molecule has 7 nitrogen and oxygen atoms in total. The average molecular weight is 483 g/mol. The van der Waals surface area contributed by atoms with Crippen molar-refractivity contribution < 1.29 is 17.9 Å². The van der Waals surface area contributed by atoms with Crippen LogP contribution in [0.5, 0.6) is 0 Å². The monoisotopic (exact) mass is 482 g/mol. The van der Waals surface area contributed by atoms with Gasteiger partial charge in [0.2, 0.25) is 0 Å². The molecule has 0 radical (unpaired) electrons. The third kappa shape index (κ3) is 4.10. The summed E-state index contributed by atoms with van der Waals surface area (Å²) < 4.78 is 47.5. The Hall–Kier alpha value is -3.23. The first-order valence-corrected chi connectivity index (χ1v) is 11.8. The Balaban J connectivity index is 1.40.